The second-order valence-corrected chi connectivity index (χ2v) is 20.1. The summed E-state index contributed by atoms with van der Waals surface area (Å²) in [7, 11) is 0. The molecule has 1 heterocycles. The van der Waals surface area contributed by atoms with Crippen molar-refractivity contribution in [2.24, 2.45) is 40.9 Å². The number of carboxylic acid groups (broad SMARTS) is 1. The van der Waals surface area contributed by atoms with Crippen molar-refractivity contribution in [1.82, 2.24) is 47.4 Å². The number of aliphatic carboxylic acids is 1. The third-order valence-corrected chi connectivity index (χ3v) is 12.0. The van der Waals surface area contributed by atoms with Gasteiger partial charge in [0.25, 0.3) is 0 Å². The van der Waals surface area contributed by atoms with Crippen molar-refractivity contribution in [3.63, 3.8) is 0 Å². The highest BCUT2D eigenvalue weighted by Crippen LogP contribution is 2.22. The number of carbonyl (C=O) groups excluding carboxylic acids is 10. The standard InChI is InChI=1S/C47H84N12O15/c1-23(2)18-30(53-38(64)27(49)20-60)41(67)56-33(22-62)43(69)52-29(14-15-35(50)63)39(65)55-32(21-61)42(68)51-28(12-9-10-16-48)40(66)57-36(25(5)6)45(71)54-31(19-24(3)4)46(72)59-17-11-13-34(59)44(70)58-37(26(7)8)47(73)74/h23-34,36-37,60-62H,9-22,48-49H2,1-8H3,(H2,50,63)(H,51,68)(H,52,69)(H,53,64)(H,54,71)(H,55,65)(H,56,67)(H,57,66)(H,58,70)(H,73,74)/t27-,28-,29-,30-,31-,32-,33-,34-,36-,37-/m0/s1. The third kappa shape index (κ3) is 22.2. The summed E-state index contributed by atoms with van der Waals surface area (Å²) in [6, 6.07) is -13.8. The highest BCUT2D eigenvalue weighted by Gasteiger charge is 2.41. The number of aliphatic hydroxyl groups is 3. The molecule has 1 fully saturated rings. The normalized spacial score (nSPS) is 17.1. The van der Waals surface area contributed by atoms with Gasteiger partial charge in [0.15, 0.2) is 0 Å². The van der Waals surface area contributed by atoms with Crippen LogP contribution in [0.2, 0.25) is 0 Å². The predicted octanol–water partition coefficient (Wildman–Crippen LogP) is -4.96. The number of primary amides is 1. The first-order valence-corrected chi connectivity index (χ1v) is 25.2. The number of likely N-dealkylation sites (tertiary alicyclic amines) is 1. The van der Waals surface area contributed by atoms with Gasteiger partial charge in [0.05, 0.1) is 19.8 Å². The molecule has 0 aromatic heterocycles. The van der Waals surface area contributed by atoms with Gasteiger partial charge in [-0.15, -0.1) is 0 Å². The second-order valence-electron chi connectivity index (χ2n) is 20.1. The SMILES string of the molecule is CC(C)C[C@H](NC(=O)[C@@H](N)CO)C(=O)N[C@@H](CO)C(=O)N[C@@H](CCC(N)=O)C(=O)N[C@@H](CO)C(=O)N[C@@H](CCCCN)C(=O)N[C@H](C(=O)N[C@@H](CC(C)C)C(=O)N1CCC[C@H]1C(=O)N[C@H](C(=O)O)C(C)C)C(C)C. The Morgan fingerprint density at radius 3 is 1.45 bits per heavy atom. The Hall–Kier alpha value is -6.03. The van der Waals surface area contributed by atoms with Gasteiger partial charge in [0, 0.05) is 13.0 Å². The average Bonchev–Trinajstić information content (AvgIpc) is 3.82. The monoisotopic (exact) mass is 1060 g/mol. The van der Waals surface area contributed by atoms with Gasteiger partial charge in [-0.2, -0.15) is 0 Å². The van der Waals surface area contributed by atoms with Gasteiger partial charge in [-0.1, -0.05) is 55.4 Å². The van der Waals surface area contributed by atoms with Crippen LogP contribution in [-0.4, -0.2) is 184 Å². The first kappa shape index (κ1) is 66.0. The Kier molecular flexibility index (Phi) is 29.4. The van der Waals surface area contributed by atoms with E-state index in [1.807, 2.05) is 13.8 Å². The molecule has 27 nitrogen and oxygen atoms in total. The molecular formula is C47H84N12O15. The summed E-state index contributed by atoms with van der Waals surface area (Å²) in [5.74, 6) is -11.5. The van der Waals surface area contributed by atoms with Crippen LogP contribution >= 0.6 is 0 Å². The maximum absolute atomic E-state index is 14.1. The van der Waals surface area contributed by atoms with E-state index in [-0.39, 0.29) is 57.0 Å². The summed E-state index contributed by atoms with van der Waals surface area (Å²) in [5.41, 5.74) is 16.6. The molecular weight excluding hydrogens is 973 g/mol. The molecule has 0 bridgehead atoms. The number of rotatable bonds is 34. The molecule has 0 radical (unpaired) electrons. The highest BCUT2D eigenvalue weighted by atomic mass is 16.4. The maximum atomic E-state index is 14.1. The van der Waals surface area contributed by atoms with E-state index in [1.54, 1.807) is 41.5 Å². The smallest absolute Gasteiger partial charge is 0.326 e. The van der Waals surface area contributed by atoms with Crippen LogP contribution in [0.3, 0.4) is 0 Å². The topological polar surface area (TPSA) is 446 Å². The number of nitrogens with zero attached hydrogens (tertiary/aromatic N) is 1. The predicted molar refractivity (Wildman–Crippen MR) is 267 cm³/mol. The minimum Gasteiger partial charge on any atom is -0.480 e. The van der Waals surface area contributed by atoms with E-state index >= 15 is 0 Å². The zero-order chi connectivity index (χ0) is 56.6. The van der Waals surface area contributed by atoms with Crippen LogP contribution < -0.4 is 59.7 Å². The lowest BCUT2D eigenvalue weighted by Crippen LogP contribution is -2.62. The number of nitrogens with one attached hydrogen (secondary N) is 8. The fourth-order valence-corrected chi connectivity index (χ4v) is 7.87. The van der Waals surface area contributed by atoms with Gasteiger partial charge in [0.2, 0.25) is 59.1 Å². The molecule has 1 saturated heterocycles. The Bertz CT molecular complexity index is 1920. The second kappa shape index (κ2) is 33.0. The summed E-state index contributed by atoms with van der Waals surface area (Å²) >= 11 is 0. The van der Waals surface area contributed by atoms with E-state index in [2.05, 4.69) is 42.5 Å². The fourth-order valence-electron chi connectivity index (χ4n) is 7.87. The van der Waals surface area contributed by atoms with Crippen molar-refractivity contribution in [3.8, 4) is 0 Å². The first-order chi connectivity index (χ1) is 34.6. The molecule has 0 aliphatic carbocycles. The van der Waals surface area contributed by atoms with E-state index in [9.17, 15) is 73.2 Å². The summed E-state index contributed by atoms with van der Waals surface area (Å²) in [5, 5.41) is 58.9. The molecule has 0 unspecified atom stereocenters. The van der Waals surface area contributed by atoms with Crippen LogP contribution in [0, 0.1) is 23.7 Å². The Morgan fingerprint density at radius 1 is 0.541 bits per heavy atom. The number of amides is 10. The summed E-state index contributed by atoms with van der Waals surface area (Å²) in [4.78, 5) is 147. The highest BCUT2D eigenvalue weighted by molar-refractivity contribution is 5.99. The van der Waals surface area contributed by atoms with Crippen molar-refractivity contribution in [3.05, 3.63) is 0 Å². The van der Waals surface area contributed by atoms with Gasteiger partial charge < -0.3 is 85.1 Å². The molecule has 1 aliphatic rings. The van der Waals surface area contributed by atoms with Crippen molar-refractivity contribution < 1.29 is 73.2 Å². The Labute approximate surface area is 432 Å². The van der Waals surface area contributed by atoms with Crippen LogP contribution in [0.15, 0.2) is 0 Å². The zero-order valence-electron chi connectivity index (χ0n) is 43.9. The zero-order valence-corrected chi connectivity index (χ0v) is 43.9. The van der Waals surface area contributed by atoms with E-state index in [0.717, 1.165) is 0 Å². The lowest BCUT2D eigenvalue weighted by Gasteiger charge is -2.32. The van der Waals surface area contributed by atoms with Crippen LogP contribution in [-0.2, 0) is 52.7 Å². The molecule has 0 saturated carbocycles. The number of carboxylic acids is 1. The molecule has 10 atom stereocenters. The van der Waals surface area contributed by atoms with E-state index in [4.69, 9.17) is 17.2 Å². The molecule has 0 aromatic carbocycles. The Balaban J connectivity index is 3.35. The summed E-state index contributed by atoms with van der Waals surface area (Å²) in [6.07, 6.45) is 0.597. The summed E-state index contributed by atoms with van der Waals surface area (Å²) < 4.78 is 0. The largest absolute Gasteiger partial charge is 0.480 e. The molecule has 1 aliphatic heterocycles. The number of carbonyl (C=O) groups is 11. The van der Waals surface area contributed by atoms with Crippen molar-refractivity contribution in [1.29, 1.82) is 0 Å². The van der Waals surface area contributed by atoms with Crippen molar-refractivity contribution in [2.75, 3.05) is 32.9 Å². The molecule has 0 spiro atoms. The van der Waals surface area contributed by atoms with Crippen LogP contribution in [0.5, 0.6) is 0 Å². The van der Waals surface area contributed by atoms with Gasteiger partial charge in [-0.05, 0) is 81.6 Å². The molecule has 0 aromatic rings. The molecule has 422 valence electrons. The molecule has 27 heteroatoms. The quantitative estimate of drug-likeness (QED) is 0.0269. The lowest BCUT2D eigenvalue weighted by atomic mass is 9.98. The number of hydrogen-bond donors (Lipinski definition) is 15. The van der Waals surface area contributed by atoms with E-state index in [0.29, 0.717) is 12.8 Å². The minimum atomic E-state index is -1.79. The fraction of sp³-hybridized carbons (Fsp3) is 0.766. The van der Waals surface area contributed by atoms with Crippen LogP contribution in [0.4, 0.5) is 0 Å². The van der Waals surface area contributed by atoms with Crippen molar-refractivity contribution in [2.45, 2.75) is 174 Å². The number of aliphatic hydroxyl groups excluding tert-OH is 3. The number of hydrogen-bond acceptors (Lipinski definition) is 16. The molecule has 74 heavy (non-hydrogen) atoms. The van der Waals surface area contributed by atoms with E-state index < -0.39 is 170 Å². The summed E-state index contributed by atoms with van der Waals surface area (Å²) in [6.45, 7) is 11.2. The van der Waals surface area contributed by atoms with Gasteiger partial charge in [-0.25, -0.2) is 4.79 Å². The maximum Gasteiger partial charge on any atom is 0.326 e. The van der Waals surface area contributed by atoms with Crippen LogP contribution in [0.25, 0.3) is 0 Å². The lowest BCUT2D eigenvalue weighted by molar-refractivity contribution is -0.146. The average molecular weight is 1060 g/mol. The number of unbranched alkanes of at least 4 members (excludes halogenated alkanes) is 1. The molecule has 1 rings (SSSR count). The van der Waals surface area contributed by atoms with Gasteiger partial charge >= 0.3 is 5.97 Å². The molecule has 18 N–H and O–H groups in total. The number of nitrogens with two attached hydrogens (primary N) is 3. The first-order valence-electron chi connectivity index (χ1n) is 25.2. The van der Waals surface area contributed by atoms with Gasteiger partial charge in [0.1, 0.15) is 60.4 Å². The van der Waals surface area contributed by atoms with Crippen LogP contribution in [0.1, 0.15) is 113 Å². The van der Waals surface area contributed by atoms with E-state index in [1.165, 1.54) is 4.90 Å². The Morgan fingerprint density at radius 2 is 0.986 bits per heavy atom. The third-order valence-electron chi connectivity index (χ3n) is 12.0. The van der Waals surface area contributed by atoms with Crippen molar-refractivity contribution >= 4 is 65.0 Å². The molecule has 10 amide bonds. The van der Waals surface area contributed by atoms with Gasteiger partial charge in [-0.3, -0.25) is 47.9 Å². The minimum absolute atomic E-state index is 0.0404.